The van der Waals surface area contributed by atoms with Crippen LogP contribution in [0, 0.1) is 6.92 Å². The third kappa shape index (κ3) is 5.42. The summed E-state index contributed by atoms with van der Waals surface area (Å²) >= 11 is 0. The first-order chi connectivity index (χ1) is 11.2. The van der Waals surface area contributed by atoms with E-state index in [-0.39, 0.29) is 0 Å². The van der Waals surface area contributed by atoms with E-state index in [0.717, 1.165) is 12.5 Å². The van der Waals surface area contributed by atoms with E-state index in [0.29, 0.717) is 13.2 Å². The van der Waals surface area contributed by atoms with Gasteiger partial charge in [-0.15, -0.1) is 0 Å². The van der Waals surface area contributed by atoms with Crippen LogP contribution in [0.2, 0.25) is 0 Å². The van der Waals surface area contributed by atoms with Crippen molar-refractivity contribution < 1.29 is 4.74 Å². The van der Waals surface area contributed by atoms with Crippen LogP contribution in [0.4, 0.5) is 0 Å². The minimum atomic E-state index is 0.618. The average Bonchev–Trinajstić information content (AvgIpc) is 2.57. The lowest BCUT2D eigenvalue weighted by Gasteiger charge is -2.14. The van der Waals surface area contributed by atoms with Crippen molar-refractivity contribution in [2.75, 3.05) is 14.2 Å². The number of aliphatic imine (C=N–C) groups is 1. The number of aryl methyl sites for hydroxylation is 1. The number of rotatable bonds is 6. The molecule has 0 bridgehead atoms. The zero-order valence-electron chi connectivity index (χ0n) is 14.1. The van der Waals surface area contributed by atoms with Gasteiger partial charge in [0.25, 0.3) is 0 Å². The lowest BCUT2D eigenvalue weighted by molar-refractivity contribution is 0.184. The van der Waals surface area contributed by atoms with E-state index >= 15 is 0 Å². The fraction of sp³-hybridized carbons (Fsp3) is 0.316. The number of ether oxygens (including phenoxy) is 1. The molecule has 0 aromatic heterocycles. The van der Waals surface area contributed by atoms with Crippen molar-refractivity contribution in [1.29, 1.82) is 0 Å². The molecular formula is C19H25N3O. The molecule has 0 aliphatic carbocycles. The lowest BCUT2D eigenvalue weighted by atomic mass is 10.1. The van der Waals surface area contributed by atoms with Crippen LogP contribution in [0.3, 0.4) is 0 Å². The van der Waals surface area contributed by atoms with Crippen LogP contribution in [-0.2, 0) is 24.4 Å². The number of hydrogen-bond acceptors (Lipinski definition) is 2. The summed E-state index contributed by atoms with van der Waals surface area (Å²) in [6.45, 7) is 4.19. The molecule has 0 spiro atoms. The van der Waals surface area contributed by atoms with Crippen LogP contribution in [0.5, 0.6) is 0 Å². The second-order valence-electron chi connectivity index (χ2n) is 5.47. The molecule has 2 aromatic rings. The van der Waals surface area contributed by atoms with Gasteiger partial charge in [0.1, 0.15) is 0 Å². The van der Waals surface area contributed by atoms with E-state index in [4.69, 9.17) is 4.74 Å². The second-order valence-corrected chi connectivity index (χ2v) is 5.47. The van der Waals surface area contributed by atoms with Crippen molar-refractivity contribution in [3.05, 3.63) is 70.8 Å². The van der Waals surface area contributed by atoms with Crippen LogP contribution < -0.4 is 10.6 Å². The molecular weight excluding hydrogens is 286 g/mol. The van der Waals surface area contributed by atoms with E-state index in [1.54, 1.807) is 14.2 Å². The van der Waals surface area contributed by atoms with Crippen molar-refractivity contribution in [2.24, 2.45) is 4.99 Å². The molecule has 4 heteroatoms. The van der Waals surface area contributed by atoms with Crippen LogP contribution >= 0.6 is 0 Å². The van der Waals surface area contributed by atoms with Crippen LogP contribution in [0.1, 0.15) is 22.3 Å². The molecule has 0 atom stereocenters. The van der Waals surface area contributed by atoms with Gasteiger partial charge in [-0.2, -0.15) is 0 Å². The number of nitrogens with one attached hydrogen (secondary N) is 2. The topological polar surface area (TPSA) is 45.7 Å². The van der Waals surface area contributed by atoms with Crippen molar-refractivity contribution in [3.8, 4) is 0 Å². The summed E-state index contributed by atoms with van der Waals surface area (Å²) in [6.07, 6.45) is 0. The van der Waals surface area contributed by atoms with Crippen molar-refractivity contribution in [3.63, 3.8) is 0 Å². The fourth-order valence-corrected chi connectivity index (χ4v) is 2.43. The Hall–Kier alpha value is -2.33. The highest BCUT2D eigenvalue weighted by Gasteiger charge is 2.03. The number of nitrogens with zero attached hydrogens (tertiary/aromatic N) is 1. The van der Waals surface area contributed by atoms with Gasteiger partial charge in [0.2, 0.25) is 0 Å². The summed E-state index contributed by atoms with van der Waals surface area (Å²) in [4.78, 5) is 4.28. The Morgan fingerprint density at radius 3 is 2.43 bits per heavy atom. The minimum Gasteiger partial charge on any atom is -0.380 e. The Labute approximate surface area is 138 Å². The molecule has 2 aromatic carbocycles. The van der Waals surface area contributed by atoms with Crippen molar-refractivity contribution in [2.45, 2.75) is 26.6 Å². The van der Waals surface area contributed by atoms with Crippen LogP contribution in [0.25, 0.3) is 0 Å². The van der Waals surface area contributed by atoms with E-state index in [1.807, 2.05) is 12.1 Å². The van der Waals surface area contributed by atoms with Crippen LogP contribution in [-0.4, -0.2) is 20.1 Å². The van der Waals surface area contributed by atoms with Gasteiger partial charge in [0, 0.05) is 27.2 Å². The standard InChI is InChI=1S/C19H25N3O/c1-15-7-6-8-16(11-15)12-21-19(20-2)22-13-17-9-4-5-10-18(17)14-23-3/h4-11H,12-14H2,1-3H3,(H2,20,21,22). The van der Waals surface area contributed by atoms with E-state index in [1.165, 1.54) is 22.3 Å². The van der Waals surface area contributed by atoms with Gasteiger partial charge < -0.3 is 15.4 Å². The maximum Gasteiger partial charge on any atom is 0.191 e. The predicted octanol–water partition coefficient (Wildman–Crippen LogP) is 3.01. The SMILES string of the molecule is CN=C(NCc1cccc(C)c1)NCc1ccccc1COC. The van der Waals surface area contributed by atoms with Gasteiger partial charge in [0.15, 0.2) is 5.96 Å². The quantitative estimate of drug-likeness (QED) is 0.637. The summed E-state index contributed by atoms with van der Waals surface area (Å²) in [6, 6.07) is 16.7. The van der Waals surface area contributed by atoms with Gasteiger partial charge in [-0.25, -0.2) is 0 Å². The van der Waals surface area contributed by atoms with Gasteiger partial charge in [0.05, 0.1) is 6.61 Å². The first kappa shape index (κ1) is 17.0. The molecule has 0 heterocycles. The highest BCUT2D eigenvalue weighted by atomic mass is 16.5. The molecule has 0 radical (unpaired) electrons. The molecule has 4 nitrogen and oxygen atoms in total. The molecule has 0 unspecified atom stereocenters. The van der Waals surface area contributed by atoms with Crippen molar-refractivity contribution >= 4 is 5.96 Å². The van der Waals surface area contributed by atoms with Gasteiger partial charge in [-0.1, -0.05) is 54.1 Å². The number of benzene rings is 2. The minimum absolute atomic E-state index is 0.618. The number of hydrogen-bond donors (Lipinski definition) is 2. The highest BCUT2D eigenvalue weighted by Crippen LogP contribution is 2.09. The lowest BCUT2D eigenvalue weighted by Crippen LogP contribution is -2.36. The summed E-state index contributed by atoms with van der Waals surface area (Å²) in [5, 5.41) is 6.69. The monoisotopic (exact) mass is 311 g/mol. The normalized spacial score (nSPS) is 11.3. The van der Waals surface area contributed by atoms with E-state index in [2.05, 4.69) is 58.9 Å². The van der Waals surface area contributed by atoms with E-state index < -0.39 is 0 Å². The van der Waals surface area contributed by atoms with Crippen LogP contribution in [0.15, 0.2) is 53.5 Å². The Bertz CT molecular complexity index is 653. The average molecular weight is 311 g/mol. The summed E-state index contributed by atoms with van der Waals surface area (Å²) in [5.41, 5.74) is 4.91. The second kappa shape index (κ2) is 8.96. The first-order valence-electron chi connectivity index (χ1n) is 7.78. The Kier molecular flexibility index (Phi) is 6.63. The van der Waals surface area contributed by atoms with Gasteiger partial charge >= 0.3 is 0 Å². The van der Waals surface area contributed by atoms with Gasteiger partial charge in [-0.05, 0) is 23.6 Å². The molecule has 0 saturated carbocycles. The zero-order chi connectivity index (χ0) is 16.5. The molecule has 0 aliphatic heterocycles. The maximum atomic E-state index is 5.24. The van der Waals surface area contributed by atoms with Gasteiger partial charge in [-0.3, -0.25) is 4.99 Å². The molecule has 0 fully saturated rings. The third-order valence-corrected chi connectivity index (χ3v) is 3.63. The fourth-order valence-electron chi connectivity index (χ4n) is 2.43. The summed E-state index contributed by atoms with van der Waals surface area (Å²) in [7, 11) is 3.50. The smallest absolute Gasteiger partial charge is 0.191 e. The maximum absolute atomic E-state index is 5.24. The number of methoxy groups -OCH3 is 1. The first-order valence-corrected chi connectivity index (χ1v) is 7.78. The Morgan fingerprint density at radius 2 is 1.74 bits per heavy atom. The van der Waals surface area contributed by atoms with E-state index in [9.17, 15) is 0 Å². The molecule has 0 saturated heterocycles. The largest absolute Gasteiger partial charge is 0.380 e. The highest BCUT2D eigenvalue weighted by molar-refractivity contribution is 5.79. The predicted molar refractivity (Wildman–Crippen MR) is 95.4 cm³/mol. The summed E-state index contributed by atoms with van der Waals surface area (Å²) in [5.74, 6) is 0.790. The molecule has 23 heavy (non-hydrogen) atoms. The van der Waals surface area contributed by atoms with Crippen molar-refractivity contribution in [1.82, 2.24) is 10.6 Å². The molecule has 0 amide bonds. The Balaban J connectivity index is 1.90. The molecule has 122 valence electrons. The molecule has 0 aliphatic rings. The Morgan fingerprint density at radius 1 is 1.00 bits per heavy atom. The molecule has 2 N–H and O–H groups in total. The molecule has 2 rings (SSSR count). The third-order valence-electron chi connectivity index (χ3n) is 3.63. The zero-order valence-corrected chi connectivity index (χ0v) is 14.1. The number of guanidine groups is 1. The summed E-state index contributed by atoms with van der Waals surface area (Å²) < 4.78 is 5.24.